The first-order chi connectivity index (χ1) is 7.17. The number of hydrogen-bond acceptors (Lipinski definition) is 4. The van der Waals surface area contributed by atoms with Crippen LogP contribution in [0, 0.1) is 6.92 Å². The third kappa shape index (κ3) is 1.45. The fourth-order valence-electron chi connectivity index (χ4n) is 1.92. The minimum Gasteiger partial charge on any atom is -0.326 e. The highest BCUT2D eigenvalue weighted by Gasteiger charge is 2.23. The van der Waals surface area contributed by atoms with Gasteiger partial charge < -0.3 is 11.6 Å². The Bertz CT molecular complexity index is 424. The van der Waals surface area contributed by atoms with Gasteiger partial charge in [-0.3, -0.25) is 5.01 Å². The van der Waals surface area contributed by atoms with Crippen molar-refractivity contribution in [2.24, 2.45) is 22.5 Å². The summed E-state index contributed by atoms with van der Waals surface area (Å²) in [7, 11) is 0. The van der Waals surface area contributed by atoms with Crippen molar-refractivity contribution >= 4 is 5.84 Å². The van der Waals surface area contributed by atoms with Gasteiger partial charge in [0.25, 0.3) is 0 Å². The molecule has 0 unspecified atom stereocenters. The molecule has 1 aliphatic heterocycles. The molecule has 0 saturated heterocycles. The van der Waals surface area contributed by atoms with Gasteiger partial charge in [0.05, 0.1) is 6.54 Å². The van der Waals surface area contributed by atoms with E-state index >= 15 is 0 Å². The number of hydrogen-bond donors (Lipinski definition) is 3. The van der Waals surface area contributed by atoms with Crippen molar-refractivity contribution in [1.29, 1.82) is 0 Å². The predicted octanol–water partition coefficient (Wildman–Crippen LogP) is -0.237. The highest BCUT2D eigenvalue weighted by molar-refractivity contribution is 6.02. The zero-order valence-corrected chi connectivity index (χ0v) is 8.70. The number of aryl methyl sites for hydroxylation is 1. The van der Waals surface area contributed by atoms with Crippen LogP contribution in [-0.4, -0.2) is 10.8 Å². The van der Waals surface area contributed by atoms with E-state index in [-0.39, 0.29) is 0 Å². The zero-order chi connectivity index (χ0) is 11.0. The van der Waals surface area contributed by atoms with E-state index in [0.717, 1.165) is 22.3 Å². The molecule has 0 saturated carbocycles. The summed E-state index contributed by atoms with van der Waals surface area (Å²) in [6, 6.07) is 4.11. The van der Waals surface area contributed by atoms with Gasteiger partial charge >= 0.3 is 0 Å². The third-order valence-electron chi connectivity index (χ3n) is 2.76. The highest BCUT2D eigenvalue weighted by atomic mass is 15.5. The van der Waals surface area contributed by atoms with Gasteiger partial charge in [-0.25, -0.2) is 5.84 Å². The fourth-order valence-corrected chi connectivity index (χ4v) is 1.92. The Balaban J connectivity index is 2.56. The maximum absolute atomic E-state index is 5.77. The molecule has 1 aromatic carbocycles. The quantitative estimate of drug-likeness (QED) is 0.436. The van der Waals surface area contributed by atoms with Crippen molar-refractivity contribution in [3.05, 3.63) is 34.4 Å². The molecule has 5 nitrogen and oxygen atoms in total. The van der Waals surface area contributed by atoms with Crippen LogP contribution in [0.2, 0.25) is 0 Å². The second-order valence-corrected chi connectivity index (χ2v) is 3.72. The van der Waals surface area contributed by atoms with Gasteiger partial charge in [-0.15, -0.1) is 0 Å². The molecule has 1 aliphatic rings. The van der Waals surface area contributed by atoms with E-state index in [0.29, 0.717) is 18.9 Å². The topological polar surface area (TPSA) is 93.7 Å². The molecule has 5 heteroatoms. The van der Waals surface area contributed by atoms with Crippen LogP contribution in [0.5, 0.6) is 0 Å². The molecule has 0 amide bonds. The Kier molecular flexibility index (Phi) is 2.34. The number of nitrogens with two attached hydrogens (primary N) is 3. The van der Waals surface area contributed by atoms with Crippen LogP contribution in [0.1, 0.15) is 22.3 Å². The summed E-state index contributed by atoms with van der Waals surface area (Å²) in [6.45, 7) is 3.20. The van der Waals surface area contributed by atoms with Gasteiger partial charge in [0.1, 0.15) is 0 Å². The number of fused-ring (bicyclic) bond motifs is 1. The van der Waals surface area contributed by atoms with Crippen molar-refractivity contribution in [2.45, 2.75) is 20.0 Å². The molecule has 0 aromatic heterocycles. The summed E-state index contributed by atoms with van der Waals surface area (Å²) in [5.41, 5.74) is 10.1. The molecule has 1 aromatic rings. The van der Waals surface area contributed by atoms with E-state index < -0.39 is 0 Å². The molecular weight excluding hydrogens is 190 g/mol. The van der Waals surface area contributed by atoms with Crippen molar-refractivity contribution in [3.8, 4) is 0 Å². The van der Waals surface area contributed by atoms with Gasteiger partial charge in [0.2, 0.25) is 0 Å². The molecule has 2 rings (SSSR count). The van der Waals surface area contributed by atoms with E-state index in [4.69, 9.17) is 17.4 Å². The number of hydrazine groups is 1. The summed E-state index contributed by atoms with van der Waals surface area (Å²) < 4.78 is 0. The lowest BCUT2D eigenvalue weighted by molar-refractivity contribution is 0.452. The van der Waals surface area contributed by atoms with Crippen LogP contribution < -0.4 is 17.4 Å². The lowest BCUT2D eigenvalue weighted by Crippen LogP contribution is -2.32. The molecule has 0 bridgehead atoms. The van der Waals surface area contributed by atoms with E-state index in [2.05, 4.69) is 11.2 Å². The van der Waals surface area contributed by atoms with Crippen LogP contribution in [0.15, 0.2) is 17.2 Å². The van der Waals surface area contributed by atoms with Gasteiger partial charge in [-0.05, 0) is 29.7 Å². The number of hydrazone groups is 1. The Labute approximate surface area is 88.5 Å². The average Bonchev–Trinajstić information content (AvgIpc) is 2.51. The fraction of sp³-hybridized carbons (Fsp3) is 0.300. The Morgan fingerprint density at radius 1 is 1.47 bits per heavy atom. The van der Waals surface area contributed by atoms with Crippen LogP contribution >= 0.6 is 0 Å². The maximum Gasteiger partial charge on any atom is 0.170 e. The molecule has 0 aliphatic carbocycles. The Morgan fingerprint density at radius 3 is 2.80 bits per heavy atom. The van der Waals surface area contributed by atoms with Crippen LogP contribution in [-0.2, 0) is 13.1 Å². The number of benzene rings is 1. The maximum atomic E-state index is 5.77. The minimum absolute atomic E-state index is 0.540. The second kappa shape index (κ2) is 3.52. The monoisotopic (exact) mass is 205 g/mol. The molecule has 80 valence electrons. The smallest absolute Gasteiger partial charge is 0.170 e. The van der Waals surface area contributed by atoms with E-state index in [9.17, 15) is 0 Å². The molecule has 0 spiro atoms. The molecule has 0 radical (unpaired) electrons. The van der Waals surface area contributed by atoms with Crippen LogP contribution in [0.25, 0.3) is 0 Å². The molecule has 15 heavy (non-hydrogen) atoms. The zero-order valence-electron chi connectivity index (χ0n) is 8.70. The number of rotatable bonds is 1. The molecular formula is C10H15N5. The van der Waals surface area contributed by atoms with Crippen LogP contribution in [0.4, 0.5) is 0 Å². The summed E-state index contributed by atoms with van der Waals surface area (Å²) in [5, 5.41) is 5.24. The van der Waals surface area contributed by atoms with Gasteiger partial charge in [-0.2, -0.15) is 5.10 Å². The first kappa shape index (κ1) is 9.95. The second-order valence-electron chi connectivity index (χ2n) is 3.72. The lowest BCUT2D eigenvalue weighted by atomic mass is 10.0. The molecule has 0 fully saturated rings. The molecule has 1 heterocycles. The summed E-state index contributed by atoms with van der Waals surface area (Å²) >= 11 is 0. The van der Waals surface area contributed by atoms with E-state index in [1.54, 1.807) is 5.01 Å². The predicted molar refractivity (Wildman–Crippen MR) is 59.5 cm³/mol. The third-order valence-corrected chi connectivity index (χ3v) is 2.76. The summed E-state index contributed by atoms with van der Waals surface area (Å²) in [4.78, 5) is 0. The van der Waals surface area contributed by atoms with Crippen molar-refractivity contribution in [2.75, 3.05) is 0 Å². The van der Waals surface area contributed by atoms with E-state index in [1.165, 1.54) is 0 Å². The average molecular weight is 205 g/mol. The first-order valence-electron chi connectivity index (χ1n) is 4.80. The number of nitrogens with zero attached hydrogens (tertiary/aromatic N) is 2. The number of amidine groups is 1. The van der Waals surface area contributed by atoms with Crippen LogP contribution in [0.3, 0.4) is 0 Å². The van der Waals surface area contributed by atoms with Crippen molar-refractivity contribution in [1.82, 2.24) is 5.01 Å². The summed E-state index contributed by atoms with van der Waals surface area (Å²) in [6.07, 6.45) is 0. The lowest BCUT2D eigenvalue weighted by Gasteiger charge is -2.09. The SMILES string of the molecule is Cc1cc2c(cc1CN)CN(N)/C2=N\N. The molecule has 6 N–H and O–H groups in total. The minimum atomic E-state index is 0.540. The Hall–Kier alpha value is -1.59. The van der Waals surface area contributed by atoms with Gasteiger partial charge in [-0.1, -0.05) is 6.07 Å². The highest BCUT2D eigenvalue weighted by Crippen LogP contribution is 2.24. The van der Waals surface area contributed by atoms with E-state index in [1.807, 2.05) is 13.0 Å². The molecule has 0 atom stereocenters. The largest absolute Gasteiger partial charge is 0.326 e. The summed E-state index contributed by atoms with van der Waals surface area (Å²) in [5.74, 6) is 11.7. The van der Waals surface area contributed by atoms with Gasteiger partial charge in [0, 0.05) is 12.1 Å². The van der Waals surface area contributed by atoms with Gasteiger partial charge in [0.15, 0.2) is 5.84 Å². The van der Waals surface area contributed by atoms with Crippen molar-refractivity contribution < 1.29 is 0 Å². The normalized spacial score (nSPS) is 17.3. The standard InChI is InChI=1S/C10H15N5/c1-6-2-9-8(3-7(6)4-11)5-15(13)10(9)14-12/h2-3H,4-5,11-13H2,1H3/b14-10-. The van der Waals surface area contributed by atoms with Crippen molar-refractivity contribution in [3.63, 3.8) is 0 Å². The Morgan fingerprint density at radius 2 is 2.20 bits per heavy atom. The first-order valence-corrected chi connectivity index (χ1v) is 4.80.